The summed E-state index contributed by atoms with van der Waals surface area (Å²) in [5.41, 5.74) is 0. The Hall–Kier alpha value is -0.510. The molecule has 2 rings (SSSR count). The Bertz CT molecular complexity index is 363. The average Bonchev–Trinajstić information content (AvgIpc) is 2.59. The summed E-state index contributed by atoms with van der Waals surface area (Å²) in [5, 5.41) is 0. The van der Waals surface area contributed by atoms with E-state index in [0.29, 0.717) is 30.8 Å². The average molecular weight is 332 g/mol. The molecule has 2 aliphatic rings. The van der Waals surface area contributed by atoms with Crippen molar-refractivity contribution in [2.24, 2.45) is 17.8 Å². The minimum Gasteiger partial charge on any atom is -0.378 e. The molecule has 2 fully saturated rings. The van der Waals surface area contributed by atoms with Gasteiger partial charge in [0.05, 0.1) is 6.10 Å². The van der Waals surface area contributed by atoms with Crippen LogP contribution < -0.4 is 0 Å². The van der Waals surface area contributed by atoms with Crippen molar-refractivity contribution < 1.29 is 17.9 Å². The van der Waals surface area contributed by atoms with Crippen LogP contribution in [0.15, 0.2) is 11.9 Å². The lowest BCUT2D eigenvalue weighted by Crippen LogP contribution is -2.29. The molecule has 134 valence electrons. The highest BCUT2D eigenvalue weighted by Gasteiger charge is 2.33. The van der Waals surface area contributed by atoms with Crippen molar-refractivity contribution in [2.45, 2.75) is 83.7 Å². The summed E-state index contributed by atoms with van der Waals surface area (Å²) in [7, 11) is 0. The predicted octanol–water partition coefficient (Wildman–Crippen LogP) is 6.64. The molecule has 0 aromatic carbocycles. The minimum atomic E-state index is -2.12. The Balaban J connectivity index is 1.66. The number of unbranched alkanes of at least 4 members (excludes halogenated alkanes) is 2. The van der Waals surface area contributed by atoms with Gasteiger partial charge in [-0.3, -0.25) is 0 Å². The van der Waals surface area contributed by atoms with E-state index >= 15 is 0 Å². The Kier molecular flexibility index (Phi) is 7.94. The third kappa shape index (κ3) is 5.81. The molecule has 0 radical (unpaired) electrons. The van der Waals surface area contributed by atoms with Crippen LogP contribution in [0.1, 0.15) is 77.6 Å². The van der Waals surface area contributed by atoms with Crippen molar-refractivity contribution >= 4 is 0 Å². The highest BCUT2D eigenvalue weighted by atomic mass is 19.3. The van der Waals surface area contributed by atoms with Gasteiger partial charge in [0.15, 0.2) is 5.83 Å². The molecule has 0 unspecified atom stereocenters. The summed E-state index contributed by atoms with van der Waals surface area (Å²) in [4.78, 5) is 0. The lowest BCUT2D eigenvalue weighted by molar-refractivity contribution is 0.00565. The first-order valence-electron chi connectivity index (χ1n) is 9.44. The van der Waals surface area contributed by atoms with E-state index in [1.54, 1.807) is 0 Å². The summed E-state index contributed by atoms with van der Waals surface area (Å²) in [5.74, 6) is -0.404. The molecule has 23 heavy (non-hydrogen) atoms. The SMILES string of the molecule is CCCCCOC1CCC(C2CCC(C(F)=C(F)F)CC2)CC1. The molecule has 0 atom stereocenters. The first kappa shape index (κ1) is 18.8. The van der Waals surface area contributed by atoms with Crippen LogP contribution in [0, 0.1) is 17.8 Å². The van der Waals surface area contributed by atoms with Crippen LogP contribution in [-0.2, 0) is 4.74 Å². The molecule has 2 aliphatic carbocycles. The Morgan fingerprint density at radius 2 is 1.39 bits per heavy atom. The van der Waals surface area contributed by atoms with Gasteiger partial charge in [-0.25, -0.2) is 4.39 Å². The minimum absolute atomic E-state index is 0.417. The van der Waals surface area contributed by atoms with Gasteiger partial charge in [0.1, 0.15) is 0 Å². The largest absolute Gasteiger partial charge is 0.378 e. The van der Waals surface area contributed by atoms with Gasteiger partial charge in [0, 0.05) is 12.5 Å². The summed E-state index contributed by atoms with van der Waals surface area (Å²) in [6.07, 6.45) is 9.52. The van der Waals surface area contributed by atoms with Crippen LogP contribution in [0.4, 0.5) is 13.2 Å². The molecule has 2 saturated carbocycles. The fraction of sp³-hybridized carbons (Fsp3) is 0.895. The molecule has 1 nitrogen and oxygen atoms in total. The molecule has 0 spiro atoms. The normalized spacial score (nSPS) is 31.8. The Labute approximate surface area is 138 Å². The Morgan fingerprint density at radius 3 is 1.91 bits per heavy atom. The highest BCUT2D eigenvalue weighted by molar-refractivity contribution is 5.00. The summed E-state index contributed by atoms with van der Waals surface area (Å²) in [6.45, 7) is 3.08. The second kappa shape index (κ2) is 9.71. The second-order valence-corrected chi connectivity index (χ2v) is 7.33. The van der Waals surface area contributed by atoms with E-state index in [9.17, 15) is 13.2 Å². The fourth-order valence-corrected chi connectivity index (χ4v) is 4.33. The van der Waals surface area contributed by atoms with Gasteiger partial charge in [-0.15, -0.1) is 0 Å². The van der Waals surface area contributed by atoms with E-state index in [1.165, 1.54) is 25.7 Å². The van der Waals surface area contributed by atoms with Gasteiger partial charge in [-0.2, -0.15) is 8.78 Å². The van der Waals surface area contributed by atoms with Crippen LogP contribution in [0.5, 0.6) is 0 Å². The molecular weight excluding hydrogens is 301 g/mol. The molecular formula is C19H31F3O. The third-order valence-corrected chi connectivity index (χ3v) is 5.80. The van der Waals surface area contributed by atoms with E-state index in [-0.39, 0.29) is 0 Å². The topological polar surface area (TPSA) is 9.23 Å². The standard InChI is InChI=1S/C19H31F3O/c1-2-3-4-13-23-17-11-9-15(10-12-17)14-5-7-16(8-6-14)18(20)19(21)22/h14-17H,2-13H2,1H3. The smallest absolute Gasteiger partial charge is 0.301 e. The summed E-state index contributed by atoms with van der Waals surface area (Å²) < 4.78 is 44.0. The fourth-order valence-electron chi connectivity index (χ4n) is 4.33. The highest BCUT2D eigenvalue weighted by Crippen LogP contribution is 2.43. The number of hydrogen-bond donors (Lipinski definition) is 0. The first-order valence-corrected chi connectivity index (χ1v) is 9.44. The molecule has 4 heteroatoms. The van der Waals surface area contributed by atoms with Gasteiger partial charge in [0.2, 0.25) is 0 Å². The monoisotopic (exact) mass is 332 g/mol. The number of allylic oxidation sites excluding steroid dienone is 1. The maximum Gasteiger partial charge on any atom is 0.301 e. The van der Waals surface area contributed by atoms with Gasteiger partial charge in [-0.1, -0.05) is 19.8 Å². The van der Waals surface area contributed by atoms with Crippen LogP contribution in [0.3, 0.4) is 0 Å². The number of ether oxygens (including phenoxy) is 1. The van der Waals surface area contributed by atoms with Gasteiger partial charge in [0.25, 0.3) is 0 Å². The molecule has 0 amide bonds. The third-order valence-electron chi connectivity index (χ3n) is 5.80. The second-order valence-electron chi connectivity index (χ2n) is 7.33. The van der Waals surface area contributed by atoms with E-state index < -0.39 is 17.8 Å². The Morgan fingerprint density at radius 1 is 0.826 bits per heavy atom. The van der Waals surface area contributed by atoms with Crippen molar-refractivity contribution in [3.05, 3.63) is 11.9 Å². The number of hydrogen-bond acceptors (Lipinski definition) is 1. The van der Waals surface area contributed by atoms with E-state index in [2.05, 4.69) is 6.92 Å². The van der Waals surface area contributed by atoms with Crippen molar-refractivity contribution in [2.75, 3.05) is 6.61 Å². The van der Waals surface area contributed by atoms with Crippen molar-refractivity contribution in [1.82, 2.24) is 0 Å². The van der Waals surface area contributed by atoms with Crippen molar-refractivity contribution in [3.63, 3.8) is 0 Å². The zero-order chi connectivity index (χ0) is 16.7. The molecule has 0 aromatic heterocycles. The predicted molar refractivity (Wildman–Crippen MR) is 87.0 cm³/mol. The maximum atomic E-state index is 13.3. The lowest BCUT2D eigenvalue weighted by atomic mass is 9.70. The number of halogens is 3. The maximum absolute atomic E-state index is 13.3. The van der Waals surface area contributed by atoms with E-state index in [1.807, 2.05) is 0 Å². The summed E-state index contributed by atoms with van der Waals surface area (Å²) in [6, 6.07) is 0. The number of rotatable bonds is 7. The summed E-state index contributed by atoms with van der Waals surface area (Å²) >= 11 is 0. The molecule has 0 heterocycles. The van der Waals surface area contributed by atoms with Crippen LogP contribution >= 0.6 is 0 Å². The van der Waals surface area contributed by atoms with Crippen LogP contribution in [-0.4, -0.2) is 12.7 Å². The first-order chi connectivity index (χ1) is 11.1. The molecule has 0 saturated heterocycles. The molecule has 0 N–H and O–H groups in total. The zero-order valence-electron chi connectivity index (χ0n) is 14.3. The van der Waals surface area contributed by atoms with E-state index in [4.69, 9.17) is 4.74 Å². The van der Waals surface area contributed by atoms with Crippen LogP contribution in [0.25, 0.3) is 0 Å². The van der Waals surface area contributed by atoms with Crippen molar-refractivity contribution in [3.8, 4) is 0 Å². The van der Waals surface area contributed by atoms with Gasteiger partial charge < -0.3 is 4.74 Å². The van der Waals surface area contributed by atoms with E-state index in [0.717, 1.165) is 38.7 Å². The quantitative estimate of drug-likeness (QED) is 0.475. The van der Waals surface area contributed by atoms with Crippen LogP contribution in [0.2, 0.25) is 0 Å². The molecule has 0 bridgehead atoms. The van der Waals surface area contributed by atoms with Gasteiger partial charge in [-0.05, 0) is 69.6 Å². The van der Waals surface area contributed by atoms with Crippen molar-refractivity contribution in [1.29, 1.82) is 0 Å². The molecule has 0 aromatic rings. The zero-order valence-corrected chi connectivity index (χ0v) is 14.3. The lowest BCUT2D eigenvalue weighted by Gasteiger charge is -2.37. The molecule has 0 aliphatic heterocycles. The van der Waals surface area contributed by atoms with Gasteiger partial charge >= 0.3 is 6.08 Å².